The fourth-order valence-electron chi connectivity index (χ4n) is 1.79. The molecule has 0 bridgehead atoms. The lowest BCUT2D eigenvalue weighted by Gasteiger charge is -2.15. The molecule has 0 heterocycles. The van der Waals surface area contributed by atoms with Gasteiger partial charge in [-0.15, -0.1) is 0 Å². The maximum Gasteiger partial charge on any atom is 0.0441 e. The van der Waals surface area contributed by atoms with E-state index in [4.69, 9.17) is 17.3 Å². The third-order valence-electron chi connectivity index (χ3n) is 2.46. The van der Waals surface area contributed by atoms with Gasteiger partial charge in [0.2, 0.25) is 0 Å². The number of aryl methyl sites for hydroxylation is 1. The summed E-state index contributed by atoms with van der Waals surface area (Å²) in [5.74, 6) is 0.643. The van der Waals surface area contributed by atoms with Crippen molar-refractivity contribution in [1.82, 2.24) is 0 Å². The molecule has 84 valence electrons. The molecule has 0 amide bonds. The number of hydrogen-bond donors (Lipinski definition) is 1. The highest BCUT2D eigenvalue weighted by atomic mass is 35.5. The van der Waals surface area contributed by atoms with Gasteiger partial charge in [0, 0.05) is 11.1 Å². The second kappa shape index (κ2) is 5.53. The quantitative estimate of drug-likeness (QED) is 0.833. The first kappa shape index (κ1) is 12.5. The summed E-state index contributed by atoms with van der Waals surface area (Å²) in [5.41, 5.74) is 8.41. The Bertz CT molecular complexity index is 320. The van der Waals surface area contributed by atoms with E-state index >= 15 is 0 Å². The number of rotatable bonds is 4. The average molecular weight is 226 g/mol. The molecule has 2 heteroatoms. The Morgan fingerprint density at radius 3 is 2.53 bits per heavy atom. The van der Waals surface area contributed by atoms with Crippen LogP contribution in [0.1, 0.15) is 31.4 Å². The third kappa shape index (κ3) is 4.23. The van der Waals surface area contributed by atoms with Crippen molar-refractivity contribution >= 4 is 11.6 Å². The van der Waals surface area contributed by atoms with Gasteiger partial charge in [-0.1, -0.05) is 37.6 Å². The molecule has 0 fully saturated rings. The van der Waals surface area contributed by atoms with E-state index in [-0.39, 0.29) is 6.04 Å². The zero-order chi connectivity index (χ0) is 11.4. The van der Waals surface area contributed by atoms with Gasteiger partial charge in [-0.2, -0.15) is 0 Å². The summed E-state index contributed by atoms with van der Waals surface area (Å²) >= 11 is 6.15. The largest absolute Gasteiger partial charge is 0.327 e. The van der Waals surface area contributed by atoms with E-state index in [1.165, 1.54) is 5.56 Å². The zero-order valence-corrected chi connectivity index (χ0v) is 10.5. The van der Waals surface area contributed by atoms with Gasteiger partial charge in [-0.3, -0.25) is 0 Å². The molecule has 1 unspecified atom stereocenters. The molecule has 1 aromatic rings. The molecule has 0 saturated heterocycles. The molecular formula is C13H20ClN. The monoisotopic (exact) mass is 225 g/mol. The van der Waals surface area contributed by atoms with Crippen LogP contribution in [0, 0.1) is 12.8 Å². The van der Waals surface area contributed by atoms with Gasteiger partial charge < -0.3 is 5.73 Å². The number of hydrogen-bond acceptors (Lipinski definition) is 1. The van der Waals surface area contributed by atoms with Crippen molar-refractivity contribution in [2.24, 2.45) is 11.7 Å². The van der Waals surface area contributed by atoms with Crippen LogP contribution in [0.3, 0.4) is 0 Å². The zero-order valence-electron chi connectivity index (χ0n) is 9.76. The van der Waals surface area contributed by atoms with Gasteiger partial charge in [0.1, 0.15) is 0 Å². The van der Waals surface area contributed by atoms with Crippen molar-refractivity contribution in [2.75, 3.05) is 0 Å². The van der Waals surface area contributed by atoms with Crippen molar-refractivity contribution in [2.45, 2.75) is 39.7 Å². The molecule has 0 aromatic heterocycles. The molecular weight excluding hydrogens is 206 g/mol. The van der Waals surface area contributed by atoms with Crippen molar-refractivity contribution in [1.29, 1.82) is 0 Å². The minimum atomic E-state index is 0.213. The summed E-state index contributed by atoms with van der Waals surface area (Å²) in [6, 6.07) is 6.38. The predicted octanol–water partition coefficient (Wildman–Crippen LogP) is 3.56. The number of halogens is 1. The van der Waals surface area contributed by atoms with Crippen molar-refractivity contribution in [3.63, 3.8) is 0 Å². The van der Waals surface area contributed by atoms with Crippen LogP contribution in [0.5, 0.6) is 0 Å². The fraction of sp³-hybridized carbons (Fsp3) is 0.538. The first-order valence-electron chi connectivity index (χ1n) is 5.49. The molecule has 0 radical (unpaired) electrons. The second-order valence-electron chi connectivity index (χ2n) is 4.69. The topological polar surface area (TPSA) is 26.0 Å². The second-order valence-corrected chi connectivity index (χ2v) is 5.10. The molecule has 15 heavy (non-hydrogen) atoms. The summed E-state index contributed by atoms with van der Waals surface area (Å²) in [4.78, 5) is 0. The Labute approximate surface area is 97.6 Å². The Kier molecular flexibility index (Phi) is 4.62. The Morgan fingerprint density at radius 1 is 1.33 bits per heavy atom. The first-order valence-corrected chi connectivity index (χ1v) is 5.87. The predicted molar refractivity (Wildman–Crippen MR) is 67.3 cm³/mol. The summed E-state index contributed by atoms with van der Waals surface area (Å²) in [7, 11) is 0. The van der Waals surface area contributed by atoms with E-state index in [9.17, 15) is 0 Å². The normalized spacial score (nSPS) is 13.2. The molecule has 0 aliphatic rings. The molecule has 2 N–H and O–H groups in total. The average Bonchev–Trinajstić information content (AvgIpc) is 2.08. The summed E-state index contributed by atoms with van der Waals surface area (Å²) in [6.07, 6.45) is 1.92. The fourth-order valence-corrected chi connectivity index (χ4v) is 2.10. The Morgan fingerprint density at radius 2 is 2.00 bits per heavy atom. The van der Waals surface area contributed by atoms with E-state index < -0.39 is 0 Å². The Balaban J connectivity index is 2.64. The van der Waals surface area contributed by atoms with Gasteiger partial charge >= 0.3 is 0 Å². The van der Waals surface area contributed by atoms with Crippen LogP contribution in [-0.2, 0) is 6.42 Å². The molecule has 1 nitrogen and oxygen atoms in total. The lowest BCUT2D eigenvalue weighted by Crippen LogP contribution is -2.24. The van der Waals surface area contributed by atoms with Crippen LogP contribution in [0.4, 0.5) is 0 Å². The highest BCUT2D eigenvalue weighted by Crippen LogP contribution is 2.20. The van der Waals surface area contributed by atoms with Crippen molar-refractivity contribution in [3.05, 3.63) is 34.3 Å². The van der Waals surface area contributed by atoms with Crippen LogP contribution in [-0.4, -0.2) is 6.04 Å². The van der Waals surface area contributed by atoms with Gasteiger partial charge in [-0.25, -0.2) is 0 Å². The molecule has 0 saturated carbocycles. The van der Waals surface area contributed by atoms with Crippen LogP contribution in [0.2, 0.25) is 5.02 Å². The number of benzene rings is 1. The lowest BCUT2D eigenvalue weighted by atomic mass is 9.97. The Hall–Kier alpha value is -0.530. The van der Waals surface area contributed by atoms with Gasteiger partial charge in [0.05, 0.1) is 0 Å². The van der Waals surface area contributed by atoms with E-state index in [1.807, 2.05) is 13.0 Å². The SMILES string of the molecule is Cc1ccc(CC(N)CC(C)C)c(Cl)c1. The van der Waals surface area contributed by atoms with E-state index in [2.05, 4.69) is 26.0 Å². The highest BCUT2D eigenvalue weighted by molar-refractivity contribution is 6.31. The summed E-state index contributed by atoms with van der Waals surface area (Å²) < 4.78 is 0. The minimum absolute atomic E-state index is 0.213. The van der Waals surface area contributed by atoms with Gasteiger partial charge in [0.25, 0.3) is 0 Å². The van der Waals surface area contributed by atoms with E-state index in [1.54, 1.807) is 0 Å². The van der Waals surface area contributed by atoms with Gasteiger partial charge in [0.15, 0.2) is 0 Å². The molecule has 1 atom stereocenters. The first-order chi connectivity index (χ1) is 6.99. The van der Waals surface area contributed by atoms with E-state index in [0.29, 0.717) is 5.92 Å². The van der Waals surface area contributed by atoms with Gasteiger partial charge in [-0.05, 0) is 42.9 Å². The van der Waals surface area contributed by atoms with E-state index in [0.717, 1.165) is 23.4 Å². The maximum atomic E-state index is 6.15. The smallest absolute Gasteiger partial charge is 0.0441 e. The molecule has 0 aliphatic carbocycles. The van der Waals surface area contributed by atoms with Crippen LogP contribution in [0.15, 0.2) is 18.2 Å². The maximum absolute atomic E-state index is 6.15. The lowest BCUT2D eigenvalue weighted by molar-refractivity contribution is 0.493. The molecule has 1 rings (SSSR count). The number of nitrogens with two attached hydrogens (primary N) is 1. The standard InChI is InChI=1S/C13H20ClN/c1-9(2)6-12(15)8-11-5-4-10(3)7-13(11)14/h4-5,7,9,12H,6,8,15H2,1-3H3. The molecule has 0 spiro atoms. The third-order valence-corrected chi connectivity index (χ3v) is 2.82. The highest BCUT2D eigenvalue weighted by Gasteiger charge is 2.09. The van der Waals surface area contributed by atoms with Crippen LogP contribution < -0.4 is 5.73 Å². The van der Waals surface area contributed by atoms with Crippen LogP contribution >= 0.6 is 11.6 Å². The molecule has 0 aliphatic heterocycles. The van der Waals surface area contributed by atoms with Crippen molar-refractivity contribution in [3.8, 4) is 0 Å². The summed E-state index contributed by atoms with van der Waals surface area (Å²) in [5, 5.41) is 0.842. The summed E-state index contributed by atoms with van der Waals surface area (Å²) in [6.45, 7) is 6.43. The van der Waals surface area contributed by atoms with Crippen molar-refractivity contribution < 1.29 is 0 Å². The van der Waals surface area contributed by atoms with Crippen LogP contribution in [0.25, 0.3) is 0 Å². The molecule has 1 aromatic carbocycles. The minimum Gasteiger partial charge on any atom is -0.327 e.